The Balaban J connectivity index is 1.74. The Kier molecular flexibility index (Phi) is 4.26. The molecule has 1 aromatic carbocycles. The molecule has 17 heavy (non-hydrogen) atoms. The third-order valence-electron chi connectivity index (χ3n) is 3.31. The molecule has 92 valence electrons. The van der Waals surface area contributed by atoms with Gasteiger partial charge in [0, 0.05) is 12.8 Å². The quantitative estimate of drug-likeness (QED) is 0.848. The van der Waals surface area contributed by atoms with Crippen LogP contribution in [-0.4, -0.2) is 18.9 Å². The van der Waals surface area contributed by atoms with Crippen LogP contribution in [0.3, 0.4) is 0 Å². The SMILES string of the molecule is O=C(CCC1CCNC1)Cc1ccc(F)cc1. The standard InChI is InChI=1S/C14H18FNO/c15-13-4-1-11(2-5-13)9-14(17)6-3-12-7-8-16-10-12/h1-2,4-5,12,16H,3,6-10H2. The molecule has 0 saturated carbocycles. The molecule has 1 unspecified atom stereocenters. The molecular formula is C14H18FNO. The van der Waals surface area contributed by atoms with E-state index in [0.717, 1.165) is 25.1 Å². The molecule has 3 heteroatoms. The van der Waals surface area contributed by atoms with Gasteiger partial charge in [0.1, 0.15) is 11.6 Å². The first-order valence-corrected chi connectivity index (χ1v) is 6.21. The topological polar surface area (TPSA) is 29.1 Å². The van der Waals surface area contributed by atoms with Crippen LogP contribution in [0.1, 0.15) is 24.8 Å². The number of carbonyl (C=O) groups is 1. The van der Waals surface area contributed by atoms with Gasteiger partial charge in [0.25, 0.3) is 0 Å². The number of rotatable bonds is 5. The lowest BCUT2D eigenvalue weighted by atomic mass is 9.98. The van der Waals surface area contributed by atoms with Crippen molar-refractivity contribution in [1.29, 1.82) is 0 Å². The van der Waals surface area contributed by atoms with Crippen LogP contribution in [0.2, 0.25) is 0 Å². The van der Waals surface area contributed by atoms with Gasteiger partial charge < -0.3 is 5.32 Å². The van der Waals surface area contributed by atoms with Crippen LogP contribution in [0.15, 0.2) is 24.3 Å². The average Bonchev–Trinajstić information content (AvgIpc) is 2.83. The molecule has 0 aliphatic carbocycles. The molecule has 2 rings (SSSR count). The average molecular weight is 235 g/mol. The fraction of sp³-hybridized carbons (Fsp3) is 0.500. The monoisotopic (exact) mass is 235 g/mol. The van der Waals surface area contributed by atoms with Gasteiger partial charge in [-0.15, -0.1) is 0 Å². The first-order valence-electron chi connectivity index (χ1n) is 6.21. The van der Waals surface area contributed by atoms with E-state index in [2.05, 4.69) is 5.32 Å². The summed E-state index contributed by atoms with van der Waals surface area (Å²) in [7, 11) is 0. The van der Waals surface area contributed by atoms with Crippen LogP contribution in [0.25, 0.3) is 0 Å². The van der Waals surface area contributed by atoms with Crippen molar-refractivity contribution >= 4 is 5.78 Å². The summed E-state index contributed by atoms with van der Waals surface area (Å²) < 4.78 is 12.7. The summed E-state index contributed by atoms with van der Waals surface area (Å²) in [4.78, 5) is 11.7. The molecule has 1 saturated heterocycles. The lowest BCUT2D eigenvalue weighted by molar-refractivity contribution is -0.118. The number of nitrogens with one attached hydrogen (secondary N) is 1. The van der Waals surface area contributed by atoms with Gasteiger partial charge in [-0.3, -0.25) is 4.79 Å². The summed E-state index contributed by atoms with van der Waals surface area (Å²) >= 11 is 0. The highest BCUT2D eigenvalue weighted by Crippen LogP contribution is 2.15. The van der Waals surface area contributed by atoms with Crippen molar-refractivity contribution in [3.05, 3.63) is 35.6 Å². The highest BCUT2D eigenvalue weighted by atomic mass is 19.1. The number of hydrogen-bond acceptors (Lipinski definition) is 2. The Labute approximate surface area is 101 Å². The van der Waals surface area contributed by atoms with Gasteiger partial charge in [-0.25, -0.2) is 4.39 Å². The number of benzene rings is 1. The Morgan fingerprint density at radius 1 is 1.35 bits per heavy atom. The van der Waals surface area contributed by atoms with Crippen LogP contribution in [-0.2, 0) is 11.2 Å². The second-order valence-corrected chi connectivity index (χ2v) is 4.74. The Bertz CT molecular complexity index is 368. The maximum absolute atomic E-state index is 12.7. The largest absolute Gasteiger partial charge is 0.316 e. The highest BCUT2D eigenvalue weighted by molar-refractivity contribution is 5.80. The zero-order valence-corrected chi connectivity index (χ0v) is 9.92. The molecule has 0 radical (unpaired) electrons. The summed E-state index contributed by atoms with van der Waals surface area (Å²) in [6.07, 6.45) is 3.24. The smallest absolute Gasteiger partial charge is 0.137 e. The van der Waals surface area contributed by atoms with Gasteiger partial charge in [-0.2, -0.15) is 0 Å². The Hall–Kier alpha value is -1.22. The first kappa shape index (κ1) is 12.2. The minimum absolute atomic E-state index is 0.252. The number of halogens is 1. The lowest BCUT2D eigenvalue weighted by Crippen LogP contribution is -2.11. The maximum atomic E-state index is 12.7. The fourth-order valence-electron chi connectivity index (χ4n) is 2.24. The molecule has 1 aliphatic heterocycles. The molecule has 1 heterocycles. The Morgan fingerprint density at radius 3 is 2.76 bits per heavy atom. The predicted molar refractivity (Wildman–Crippen MR) is 65.3 cm³/mol. The first-order chi connectivity index (χ1) is 8.24. The molecule has 1 fully saturated rings. The molecule has 0 spiro atoms. The van der Waals surface area contributed by atoms with Crippen molar-refractivity contribution in [3.63, 3.8) is 0 Å². The van der Waals surface area contributed by atoms with E-state index in [1.807, 2.05) is 0 Å². The molecule has 1 N–H and O–H groups in total. The van der Waals surface area contributed by atoms with E-state index in [4.69, 9.17) is 0 Å². The molecule has 1 atom stereocenters. The van der Waals surface area contributed by atoms with Crippen molar-refractivity contribution in [1.82, 2.24) is 5.32 Å². The number of carbonyl (C=O) groups excluding carboxylic acids is 1. The van der Waals surface area contributed by atoms with Crippen LogP contribution in [0.4, 0.5) is 4.39 Å². The van der Waals surface area contributed by atoms with Gasteiger partial charge in [-0.05, 0) is 49.5 Å². The zero-order chi connectivity index (χ0) is 12.1. The van der Waals surface area contributed by atoms with E-state index in [0.29, 0.717) is 18.8 Å². The Morgan fingerprint density at radius 2 is 2.12 bits per heavy atom. The summed E-state index contributed by atoms with van der Waals surface area (Å²) in [6, 6.07) is 6.18. The number of ketones is 1. The van der Waals surface area contributed by atoms with Gasteiger partial charge in [-0.1, -0.05) is 12.1 Å². The molecule has 0 bridgehead atoms. The zero-order valence-electron chi connectivity index (χ0n) is 9.92. The summed E-state index contributed by atoms with van der Waals surface area (Å²) in [5.74, 6) is 0.661. The van der Waals surface area contributed by atoms with Crippen LogP contribution >= 0.6 is 0 Å². The second kappa shape index (κ2) is 5.92. The van der Waals surface area contributed by atoms with E-state index in [9.17, 15) is 9.18 Å². The lowest BCUT2D eigenvalue weighted by Gasteiger charge is -2.07. The van der Waals surface area contributed by atoms with Crippen molar-refractivity contribution in [2.75, 3.05) is 13.1 Å². The van der Waals surface area contributed by atoms with Crippen LogP contribution in [0.5, 0.6) is 0 Å². The van der Waals surface area contributed by atoms with Crippen molar-refractivity contribution in [3.8, 4) is 0 Å². The number of hydrogen-bond donors (Lipinski definition) is 1. The van der Waals surface area contributed by atoms with Crippen molar-refractivity contribution in [2.45, 2.75) is 25.7 Å². The third-order valence-corrected chi connectivity index (χ3v) is 3.31. The third kappa shape index (κ3) is 3.93. The van der Waals surface area contributed by atoms with Gasteiger partial charge in [0.2, 0.25) is 0 Å². The van der Waals surface area contributed by atoms with Crippen LogP contribution in [0, 0.1) is 11.7 Å². The van der Waals surface area contributed by atoms with Gasteiger partial charge in [0.15, 0.2) is 0 Å². The maximum Gasteiger partial charge on any atom is 0.137 e. The van der Waals surface area contributed by atoms with E-state index >= 15 is 0 Å². The second-order valence-electron chi connectivity index (χ2n) is 4.74. The van der Waals surface area contributed by atoms with Crippen molar-refractivity contribution in [2.24, 2.45) is 5.92 Å². The summed E-state index contributed by atoms with van der Waals surface area (Å²) in [5.41, 5.74) is 0.904. The highest BCUT2D eigenvalue weighted by Gasteiger charge is 2.15. The normalized spacial score (nSPS) is 19.5. The summed E-state index contributed by atoms with van der Waals surface area (Å²) in [5, 5.41) is 3.30. The van der Waals surface area contributed by atoms with E-state index < -0.39 is 0 Å². The molecule has 2 nitrogen and oxygen atoms in total. The van der Waals surface area contributed by atoms with Gasteiger partial charge in [0.05, 0.1) is 0 Å². The van der Waals surface area contributed by atoms with E-state index in [-0.39, 0.29) is 11.6 Å². The minimum Gasteiger partial charge on any atom is -0.316 e. The molecule has 1 aliphatic rings. The minimum atomic E-state index is -0.252. The van der Waals surface area contributed by atoms with Crippen molar-refractivity contribution < 1.29 is 9.18 Å². The van der Waals surface area contributed by atoms with E-state index in [1.54, 1.807) is 12.1 Å². The predicted octanol–water partition coefficient (Wildman–Crippen LogP) is 2.33. The molecule has 1 aromatic rings. The van der Waals surface area contributed by atoms with Crippen LogP contribution < -0.4 is 5.32 Å². The molecule has 0 aromatic heterocycles. The van der Waals surface area contributed by atoms with E-state index in [1.165, 1.54) is 18.6 Å². The summed E-state index contributed by atoms with van der Waals surface area (Å²) in [6.45, 7) is 2.13. The fourth-order valence-corrected chi connectivity index (χ4v) is 2.24. The van der Waals surface area contributed by atoms with Gasteiger partial charge >= 0.3 is 0 Å². The number of Topliss-reactive ketones (excluding diaryl/α,β-unsaturated/α-hetero) is 1. The molecular weight excluding hydrogens is 217 g/mol. The molecule has 0 amide bonds.